The molecule has 0 saturated carbocycles. The Balaban J connectivity index is -0.000000607. The first-order valence-electron chi connectivity index (χ1n) is 29.7. The van der Waals surface area contributed by atoms with Crippen molar-refractivity contribution in [2.24, 2.45) is 40.8 Å². The Bertz CT molecular complexity index is 3710. The number of methoxy groups -OCH3 is 4. The zero-order chi connectivity index (χ0) is 78.1. The van der Waals surface area contributed by atoms with Crippen LogP contribution in [0.2, 0.25) is 0 Å². The van der Waals surface area contributed by atoms with Crippen molar-refractivity contribution in [3.8, 4) is 69.0 Å². The topological polar surface area (TPSA) is 482 Å². The Kier molecular flexibility index (Phi) is 55.7. The smallest absolute Gasteiger partial charge is 0.870 e. The number of phenolic OH excluding ortho intramolecular Hbond substituents is 4. The summed E-state index contributed by atoms with van der Waals surface area (Å²) in [7, 11) is 19.1. The number of ether oxygens (including phenoxy) is 4. The molecular formula is C72H76N12O20Zn4. The molecule has 0 aliphatic rings. The van der Waals surface area contributed by atoms with Gasteiger partial charge in [-0.2, -0.15) is 40.8 Å². The molecule has 0 aliphatic heterocycles. The van der Waals surface area contributed by atoms with Crippen molar-refractivity contribution in [2.75, 3.05) is 84.8 Å². The van der Waals surface area contributed by atoms with E-state index in [9.17, 15) is 80.5 Å². The second-order valence-corrected chi connectivity index (χ2v) is 20.5. The molecule has 0 radical (unpaired) electrons. The molecule has 0 atom stereocenters. The van der Waals surface area contributed by atoms with E-state index in [2.05, 4.69) is 40.8 Å². The Morgan fingerprint density at radius 3 is 0.593 bits per heavy atom. The molecule has 0 heterocycles. The number of hydrogen-bond acceptors (Lipinski definition) is 28. The normalized spacial score (nSPS) is 10.4. The van der Waals surface area contributed by atoms with Gasteiger partial charge in [0, 0.05) is 102 Å². The number of para-hydroxylation sites is 8. The summed E-state index contributed by atoms with van der Waals surface area (Å²) in [5, 5.41) is 160. The molecule has 0 bridgehead atoms. The van der Waals surface area contributed by atoms with E-state index in [1.807, 2.05) is 0 Å². The molecule has 552 valence electrons. The van der Waals surface area contributed by atoms with Crippen molar-refractivity contribution in [3.63, 3.8) is 0 Å². The minimum atomic E-state index is -0.695. The SMILES string of the molecule is CN(C)C=O.CN(C)C=O.CN(C)C=O.CN(C)C=O.COc1cccc(/C=N/N=C(\[O-])c2ccccc2O)c1[O-].COc1cccc(/C=N/N=C(\[O-])c2ccccc2O)c1[O-].COc1cccc(/C=N/N=C(\[O-])c2ccccc2O)c1[O-].COc1cccc(/C=N/N=C(\[O-])c2ccccc2O)c1[O-].[Zn+2].[Zn+2].[Zn+2].[Zn+2]. The van der Waals surface area contributed by atoms with E-state index >= 15 is 0 Å². The number of benzene rings is 8. The summed E-state index contributed by atoms with van der Waals surface area (Å²) < 4.78 is 19.6. The Labute approximate surface area is 675 Å². The van der Waals surface area contributed by atoms with Crippen LogP contribution in [0.4, 0.5) is 0 Å². The monoisotopic (exact) mass is 1680 g/mol. The summed E-state index contributed by atoms with van der Waals surface area (Å²) in [6.07, 6.45) is 7.68. The van der Waals surface area contributed by atoms with Crippen molar-refractivity contribution in [1.82, 2.24) is 19.6 Å². The van der Waals surface area contributed by atoms with Gasteiger partial charge in [-0.15, -0.1) is 0 Å². The largest absolute Gasteiger partial charge is 2.00 e. The number of carbonyl (C=O) groups excluding carboxylic acids is 4. The van der Waals surface area contributed by atoms with Crippen LogP contribution in [0.5, 0.6) is 69.0 Å². The van der Waals surface area contributed by atoms with Crippen molar-refractivity contribution in [1.29, 1.82) is 0 Å². The molecular weight excluding hydrogens is 1610 g/mol. The number of nitrogens with zero attached hydrogens (tertiary/aromatic N) is 12. The average Bonchev–Trinajstić information content (AvgIpc) is 0.872. The van der Waals surface area contributed by atoms with Gasteiger partial charge in [-0.3, -0.25) is 19.2 Å². The molecule has 0 unspecified atom stereocenters. The van der Waals surface area contributed by atoms with Crippen molar-refractivity contribution in [3.05, 3.63) is 214 Å². The quantitative estimate of drug-likeness (QED) is 0.0274. The summed E-state index contributed by atoms with van der Waals surface area (Å²) >= 11 is 0. The molecule has 4 amide bonds. The van der Waals surface area contributed by atoms with Gasteiger partial charge in [0.15, 0.2) is 0 Å². The summed E-state index contributed by atoms with van der Waals surface area (Å²) in [5.74, 6) is -4.09. The van der Waals surface area contributed by atoms with E-state index in [0.717, 1.165) is 25.6 Å². The molecule has 0 spiro atoms. The Morgan fingerprint density at radius 2 is 0.454 bits per heavy atom. The molecule has 8 rings (SSSR count). The number of phenols is 4. The Morgan fingerprint density at radius 1 is 0.296 bits per heavy atom. The molecule has 8 aromatic rings. The molecule has 0 aliphatic carbocycles. The Hall–Kier alpha value is -11.7. The molecule has 0 aromatic heterocycles. The summed E-state index contributed by atoms with van der Waals surface area (Å²) in [6, 6.07) is 42.8. The zero-order valence-electron chi connectivity index (χ0n) is 61.3. The summed E-state index contributed by atoms with van der Waals surface area (Å²) in [5.41, 5.74) is 1.19. The first kappa shape index (κ1) is 103. The number of rotatable bonds is 20. The fourth-order valence-corrected chi connectivity index (χ4v) is 6.59. The van der Waals surface area contributed by atoms with Crippen molar-refractivity contribution >= 4 is 74.1 Å². The van der Waals surface area contributed by atoms with E-state index in [1.165, 1.54) is 170 Å². The molecule has 4 N–H and O–H groups in total. The first-order chi connectivity index (χ1) is 49.6. The van der Waals surface area contributed by atoms with Crippen LogP contribution >= 0.6 is 0 Å². The second-order valence-electron chi connectivity index (χ2n) is 20.5. The van der Waals surface area contributed by atoms with Crippen LogP contribution in [0.15, 0.2) is 211 Å². The van der Waals surface area contributed by atoms with Gasteiger partial charge in [-0.1, -0.05) is 144 Å². The molecule has 8 aromatic carbocycles. The van der Waals surface area contributed by atoms with Crippen molar-refractivity contribution in [2.45, 2.75) is 0 Å². The average molecular weight is 1690 g/mol. The van der Waals surface area contributed by atoms with Crippen LogP contribution in [0, 0.1) is 0 Å². The molecule has 0 fully saturated rings. The summed E-state index contributed by atoms with van der Waals surface area (Å²) in [4.78, 5) is 43.5. The number of amides is 4. The number of carbonyl (C=O) groups is 4. The van der Waals surface area contributed by atoms with Gasteiger partial charge in [0.25, 0.3) is 0 Å². The maximum atomic E-state index is 11.8. The van der Waals surface area contributed by atoms with E-state index in [-0.39, 0.29) is 191 Å². The predicted octanol–water partition coefficient (Wildman–Crippen LogP) is 1.27. The third-order valence-corrected chi connectivity index (χ3v) is 11.7. The standard InChI is InChI=1S/4C15H14N2O4.4C3H7NO.4Zn/c4*1-21-13-8-4-5-10(14(13)19)9-16-17-15(20)11-6-2-3-7-12(11)18;4*1-4(2)3-5;;;;/h4*2-9,18-19H,1H3,(H,17,20);4*3H,1-2H3;;;;/q;;;;;;;;4*+2/p-8/b4*16-9+;;;;;;;;. The van der Waals surface area contributed by atoms with Crippen LogP contribution in [0.25, 0.3) is 0 Å². The first-order valence-corrected chi connectivity index (χ1v) is 29.7. The minimum absolute atomic E-state index is 0. The van der Waals surface area contributed by atoms with Gasteiger partial charge in [-0.05, 0) is 70.8 Å². The van der Waals surface area contributed by atoms with Gasteiger partial charge in [-0.25, -0.2) is 0 Å². The predicted molar refractivity (Wildman–Crippen MR) is 378 cm³/mol. The van der Waals surface area contributed by atoms with Crippen LogP contribution in [-0.2, 0) is 97.1 Å². The van der Waals surface area contributed by atoms with Gasteiger partial charge < -0.3 is 99.8 Å². The van der Waals surface area contributed by atoms with Crippen LogP contribution in [0.3, 0.4) is 0 Å². The molecule has 32 nitrogen and oxygen atoms in total. The van der Waals surface area contributed by atoms with E-state index < -0.39 is 23.6 Å². The number of aromatic hydroxyl groups is 4. The van der Waals surface area contributed by atoms with Crippen LogP contribution in [-0.4, -0.2) is 199 Å². The zero-order valence-corrected chi connectivity index (χ0v) is 73.2. The van der Waals surface area contributed by atoms with Gasteiger partial charge in [0.05, 0.1) is 53.3 Å². The molecule has 36 heteroatoms. The fraction of sp³-hybridized carbons (Fsp3) is 0.167. The van der Waals surface area contributed by atoms with Crippen LogP contribution in [0.1, 0.15) is 44.5 Å². The van der Waals surface area contributed by atoms with Gasteiger partial charge >= 0.3 is 77.9 Å². The van der Waals surface area contributed by atoms with Crippen molar-refractivity contribution < 1.29 is 177 Å². The summed E-state index contributed by atoms with van der Waals surface area (Å²) in [6.45, 7) is 0. The maximum absolute atomic E-state index is 11.8. The van der Waals surface area contributed by atoms with E-state index in [1.54, 1.807) is 129 Å². The molecule has 108 heavy (non-hydrogen) atoms. The third-order valence-electron chi connectivity index (χ3n) is 11.7. The van der Waals surface area contributed by atoms with E-state index in [0.29, 0.717) is 0 Å². The molecule has 0 saturated heterocycles. The second kappa shape index (κ2) is 58.6. The van der Waals surface area contributed by atoms with Crippen LogP contribution < -0.4 is 59.8 Å². The number of hydrogen-bond donors (Lipinski definition) is 4. The van der Waals surface area contributed by atoms with Gasteiger partial charge in [0.1, 0.15) is 46.0 Å². The minimum Gasteiger partial charge on any atom is -0.870 e. The maximum Gasteiger partial charge on any atom is 2.00 e. The van der Waals surface area contributed by atoms with E-state index in [4.69, 9.17) is 18.9 Å². The van der Waals surface area contributed by atoms with Gasteiger partial charge in [0.2, 0.25) is 25.6 Å². The fourth-order valence-electron chi connectivity index (χ4n) is 6.59. The third kappa shape index (κ3) is 39.4.